The van der Waals surface area contributed by atoms with Crippen LogP contribution >= 0.6 is 0 Å². The Kier molecular flexibility index (Phi) is 4.39. The van der Waals surface area contributed by atoms with Gasteiger partial charge in [0.05, 0.1) is 11.0 Å². The van der Waals surface area contributed by atoms with Crippen molar-refractivity contribution < 1.29 is 14.6 Å². The molecule has 136 valence electrons. The molecule has 0 aliphatic heterocycles. The van der Waals surface area contributed by atoms with Gasteiger partial charge in [-0.05, 0) is 69.3 Å². The molecular formula is C21H34O3. The molecule has 4 bridgehead atoms. The lowest BCUT2D eigenvalue weighted by molar-refractivity contribution is -0.184. The minimum atomic E-state index is -0.649. The maximum atomic E-state index is 13.2. The van der Waals surface area contributed by atoms with E-state index in [0.29, 0.717) is 18.3 Å². The molecule has 4 rings (SSSR count). The first kappa shape index (κ1) is 18.0. The van der Waals surface area contributed by atoms with E-state index in [0.717, 1.165) is 38.5 Å². The summed E-state index contributed by atoms with van der Waals surface area (Å²) < 4.78 is 6.25. The zero-order chi connectivity index (χ0) is 17.8. The summed E-state index contributed by atoms with van der Waals surface area (Å²) in [7, 11) is 0. The van der Waals surface area contributed by atoms with E-state index in [1.165, 1.54) is 5.57 Å². The first-order valence-corrected chi connectivity index (χ1v) is 9.72. The molecule has 0 aromatic heterocycles. The summed E-state index contributed by atoms with van der Waals surface area (Å²) in [5.74, 6) is 1.08. The van der Waals surface area contributed by atoms with Gasteiger partial charge in [0.1, 0.15) is 5.60 Å². The Morgan fingerprint density at radius 2 is 2.08 bits per heavy atom. The second kappa shape index (κ2) is 5.86. The van der Waals surface area contributed by atoms with E-state index in [1.807, 2.05) is 0 Å². The highest BCUT2D eigenvalue weighted by molar-refractivity contribution is 5.77. The lowest BCUT2D eigenvalue weighted by atomic mass is 9.66. The molecule has 4 unspecified atom stereocenters. The van der Waals surface area contributed by atoms with Crippen molar-refractivity contribution in [3.63, 3.8) is 0 Å². The van der Waals surface area contributed by atoms with Crippen molar-refractivity contribution in [2.24, 2.45) is 23.2 Å². The average molecular weight is 335 g/mol. The van der Waals surface area contributed by atoms with E-state index in [2.05, 4.69) is 40.7 Å². The molecule has 2 fully saturated rings. The maximum absolute atomic E-state index is 13.2. The lowest BCUT2D eigenvalue weighted by Gasteiger charge is -2.48. The number of allylic oxidation sites excluding steroid dienone is 1. The minimum Gasteiger partial charge on any atom is -0.454 e. The summed E-state index contributed by atoms with van der Waals surface area (Å²) >= 11 is 0. The summed E-state index contributed by atoms with van der Waals surface area (Å²) in [6, 6.07) is 0. The second-order valence-corrected chi connectivity index (χ2v) is 9.81. The minimum absolute atomic E-state index is 0.0754. The van der Waals surface area contributed by atoms with Gasteiger partial charge >= 0.3 is 5.97 Å². The van der Waals surface area contributed by atoms with E-state index < -0.39 is 16.6 Å². The molecule has 0 radical (unpaired) electrons. The van der Waals surface area contributed by atoms with Crippen molar-refractivity contribution in [1.82, 2.24) is 0 Å². The number of esters is 1. The molecule has 0 aromatic carbocycles. The zero-order valence-corrected chi connectivity index (χ0v) is 16.0. The Morgan fingerprint density at radius 1 is 1.38 bits per heavy atom. The first-order valence-electron chi connectivity index (χ1n) is 9.72. The number of carbonyl (C=O) groups excluding carboxylic acids is 1. The molecule has 1 N–H and O–H groups in total. The first-order chi connectivity index (χ1) is 11.1. The number of carbonyl (C=O) groups is 1. The highest BCUT2D eigenvalue weighted by Crippen LogP contribution is 2.54. The van der Waals surface area contributed by atoms with Gasteiger partial charge in [0, 0.05) is 6.42 Å². The van der Waals surface area contributed by atoms with E-state index >= 15 is 0 Å². The number of hydrogen-bond acceptors (Lipinski definition) is 3. The predicted octanol–water partition coefficient (Wildman–Crippen LogP) is 4.63. The average Bonchev–Trinajstić information content (AvgIpc) is 2.59. The number of hydrogen-bond donors (Lipinski definition) is 1. The Bertz CT molecular complexity index is 549. The fourth-order valence-corrected chi connectivity index (χ4v) is 5.42. The third-order valence-electron chi connectivity index (χ3n) is 6.73. The molecule has 24 heavy (non-hydrogen) atoms. The van der Waals surface area contributed by atoms with Crippen LogP contribution in [0.4, 0.5) is 0 Å². The van der Waals surface area contributed by atoms with Crippen LogP contribution in [0.3, 0.4) is 0 Å². The molecule has 0 amide bonds. The zero-order valence-electron chi connectivity index (χ0n) is 16.0. The third kappa shape index (κ3) is 3.16. The Hall–Kier alpha value is -0.830. The molecule has 4 aliphatic carbocycles. The lowest BCUT2D eigenvalue weighted by Crippen LogP contribution is -2.52. The molecule has 0 aromatic rings. The van der Waals surface area contributed by atoms with E-state index in [-0.39, 0.29) is 11.9 Å². The van der Waals surface area contributed by atoms with Crippen molar-refractivity contribution in [2.75, 3.05) is 0 Å². The van der Waals surface area contributed by atoms with Gasteiger partial charge < -0.3 is 9.84 Å². The van der Waals surface area contributed by atoms with Gasteiger partial charge in [0.25, 0.3) is 0 Å². The standard InChI is InChI=1S/C21H34O3/c1-14(2)9-19(5,15(3)4)18(22)24-21-11-16-6-7-20(23,13-21)10-17(8-16)12-21/h11,14-15,17,23H,6-10,12-13H2,1-5H3. The largest absolute Gasteiger partial charge is 0.454 e. The fraction of sp³-hybridized carbons (Fsp3) is 0.857. The van der Waals surface area contributed by atoms with Gasteiger partial charge in [-0.3, -0.25) is 4.79 Å². The van der Waals surface area contributed by atoms with Crippen LogP contribution in [0.2, 0.25) is 0 Å². The second-order valence-electron chi connectivity index (χ2n) is 9.81. The molecule has 3 heteroatoms. The molecule has 4 atom stereocenters. The Labute approximate surface area is 146 Å². The monoisotopic (exact) mass is 334 g/mol. The summed E-state index contributed by atoms with van der Waals surface area (Å²) in [5.41, 5.74) is -0.286. The SMILES string of the molecule is CC(C)CC(C)(C(=O)OC12C=C3CCC(O)(CC(C3)C1)C2)C(C)C. The van der Waals surface area contributed by atoms with Gasteiger partial charge in [-0.1, -0.05) is 33.3 Å². The summed E-state index contributed by atoms with van der Waals surface area (Å²) in [6.07, 6.45) is 8.24. The van der Waals surface area contributed by atoms with E-state index in [9.17, 15) is 9.90 Å². The fourth-order valence-electron chi connectivity index (χ4n) is 5.42. The molecule has 0 saturated heterocycles. The van der Waals surface area contributed by atoms with Gasteiger partial charge in [0.2, 0.25) is 0 Å². The van der Waals surface area contributed by atoms with Crippen LogP contribution in [-0.4, -0.2) is 22.3 Å². The topological polar surface area (TPSA) is 46.5 Å². The van der Waals surface area contributed by atoms with Gasteiger partial charge in [-0.2, -0.15) is 0 Å². The van der Waals surface area contributed by atoms with Crippen molar-refractivity contribution in [1.29, 1.82) is 0 Å². The summed E-state index contributed by atoms with van der Waals surface area (Å²) in [5, 5.41) is 11.0. The molecule has 3 nitrogen and oxygen atoms in total. The highest BCUT2D eigenvalue weighted by atomic mass is 16.6. The summed E-state index contributed by atoms with van der Waals surface area (Å²) in [4.78, 5) is 13.2. The maximum Gasteiger partial charge on any atom is 0.312 e. The van der Waals surface area contributed by atoms with Crippen molar-refractivity contribution in [3.8, 4) is 0 Å². The van der Waals surface area contributed by atoms with Crippen molar-refractivity contribution >= 4 is 5.97 Å². The van der Waals surface area contributed by atoms with E-state index in [1.54, 1.807) is 0 Å². The third-order valence-corrected chi connectivity index (χ3v) is 6.73. The van der Waals surface area contributed by atoms with Crippen LogP contribution in [0.25, 0.3) is 0 Å². The van der Waals surface area contributed by atoms with Crippen LogP contribution in [0.5, 0.6) is 0 Å². The van der Waals surface area contributed by atoms with Gasteiger partial charge in [-0.25, -0.2) is 0 Å². The number of rotatable bonds is 5. The van der Waals surface area contributed by atoms with Crippen molar-refractivity contribution in [3.05, 3.63) is 11.6 Å². The van der Waals surface area contributed by atoms with Crippen LogP contribution in [-0.2, 0) is 9.53 Å². The number of ether oxygens (including phenoxy) is 1. The van der Waals surface area contributed by atoms with Crippen LogP contribution in [0, 0.1) is 23.2 Å². The molecule has 2 saturated carbocycles. The quantitative estimate of drug-likeness (QED) is 0.589. The molecule has 0 heterocycles. The highest BCUT2D eigenvalue weighted by Gasteiger charge is 2.54. The van der Waals surface area contributed by atoms with E-state index in [4.69, 9.17) is 4.74 Å². The normalized spacial score (nSPS) is 37.3. The smallest absolute Gasteiger partial charge is 0.312 e. The van der Waals surface area contributed by atoms with Crippen LogP contribution in [0.15, 0.2) is 11.6 Å². The van der Waals surface area contributed by atoms with Crippen molar-refractivity contribution in [2.45, 2.75) is 90.8 Å². The van der Waals surface area contributed by atoms with Gasteiger partial charge in [-0.15, -0.1) is 0 Å². The summed E-state index contributed by atoms with van der Waals surface area (Å²) in [6.45, 7) is 10.6. The molecule has 4 aliphatic rings. The number of fused-ring (bicyclic) bond motifs is 1. The number of aliphatic hydroxyl groups is 1. The van der Waals surface area contributed by atoms with Crippen LogP contribution in [0.1, 0.15) is 79.6 Å². The van der Waals surface area contributed by atoms with Crippen LogP contribution < -0.4 is 0 Å². The molecule has 0 spiro atoms. The Morgan fingerprint density at radius 3 is 2.71 bits per heavy atom. The molecular weight excluding hydrogens is 300 g/mol. The Balaban J connectivity index is 1.86. The van der Waals surface area contributed by atoms with Gasteiger partial charge in [0.15, 0.2) is 0 Å². The predicted molar refractivity (Wildman–Crippen MR) is 95.4 cm³/mol.